The third-order valence-electron chi connectivity index (χ3n) is 2.55. The standard InChI is InChI=1S/C13H10BrClN2O2/c14-10-3-1-9(2-4-10)8-16-11-5-6-12(15)13(7-11)17(18)19/h1-7,16H,8H2. The minimum Gasteiger partial charge on any atom is -0.381 e. The van der Waals surface area contributed by atoms with Crippen molar-refractivity contribution in [3.63, 3.8) is 0 Å². The fraction of sp³-hybridized carbons (Fsp3) is 0.0769. The van der Waals surface area contributed by atoms with Crippen LogP contribution < -0.4 is 5.32 Å². The van der Waals surface area contributed by atoms with Crippen LogP contribution in [-0.4, -0.2) is 4.92 Å². The van der Waals surface area contributed by atoms with E-state index in [1.165, 1.54) is 12.1 Å². The lowest BCUT2D eigenvalue weighted by molar-refractivity contribution is -0.384. The smallest absolute Gasteiger partial charge is 0.289 e. The van der Waals surface area contributed by atoms with E-state index in [4.69, 9.17) is 11.6 Å². The van der Waals surface area contributed by atoms with E-state index in [9.17, 15) is 10.1 Å². The molecule has 0 saturated carbocycles. The SMILES string of the molecule is O=[N+]([O-])c1cc(NCc2ccc(Br)cc2)ccc1Cl. The van der Waals surface area contributed by atoms with Gasteiger partial charge in [0.05, 0.1) is 4.92 Å². The molecule has 6 heteroatoms. The predicted molar refractivity (Wildman–Crippen MR) is 79.6 cm³/mol. The van der Waals surface area contributed by atoms with E-state index in [1.54, 1.807) is 6.07 Å². The second-order valence-electron chi connectivity index (χ2n) is 3.90. The number of nitrogens with one attached hydrogen (secondary N) is 1. The van der Waals surface area contributed by atoms with Gasteiger partial charge in [0.25, 0.3) is 5.69 Å². The molecule has 2 aromatic carbocycles. The zero-order valence-electron chi connectivity index (χ0n) is 9.77. The van der Waals surface area contributed by atoms with Gasteiger partial charge in [-0.1, -0.05) is 39.7 Å². The Kier molecular flexibility index (Phi) is 4.39. The molecule has 1 N–H and O–H groups in total. The molecule has 0 radical (unpaired) electrons. The van der Waals surface area contributed by atoms with Crippen molar-refractivity contribution < 1.29 is 4.92 Å². The lowest BCUT2D eigenvalue weighted by atomic mass is 10.2. The monoisotopic (exact) mass is 340 g/mol. The summed E-state index contributed by atoms with van der Waals surface area (Å²) in [6.45, 7) is 0.589. The van der Waals surface area contributed by atoms with Gasteiger partial charge in [-0.2, -0.15) is 0 Å². The van der Waals surface area contributed by atoms with Crippen LogP contribution in [0.25, 0.3) is 0 Å². The molecule has 0 aliphatic rings. The van der Waals surface area contributed by atoms with Gasteiger partial charge in [0, 0.05) is 22.8 Å². The maximum atomic E-state index is 10.8. The minimum absolute atomic E-state index is 0.0949. The summed E-state index contributed by atoms with van der Waals surface area (Å²) in [6.07, 6.45) is 0. The molecule has 2 rings (SSSR count). The van der Waals surface area contributed by atoms with Crippen LogP contribution in [-0.2, 0) is 6.54 Å². The Balaban J connectivity index is 2.09. The molecule has 19 heavy (non-hydrogen) atoms. The first-order valence-corrected chi connectivity index (χ1v) is 6.65. The van der Waals surface area contributed by atoms with Crippen LogP contribution >= 0.6 is 27.5 Å². The summed E-state index contributed by atoms with van der Waals surface area (Å²) < 4.78 is 1.01. The van der Waals surface area contributed by atoms with Gasteiger partial charge >= 0.3 is 0 Å². The summed E-state index contributed by atoms with van der Waals surface area (Å²) in [5.41, 5.74) is 1.65. The molecule has 98 valence electrons. The Morgan fingerprint density at radius 2 is 1.89 bits per heavy atom. The van der Waals surface area contributed by atoms with E-state index >= 15 is 0 Å². The summed E-state index contributed by atoms with van der Waals surface area (Å²) in [4.78, 5) is 10.3. The second-order valence-corrected chi connectivity index (χ2v) is 5.23. The lowest BCUT2D eigenvalue weighted by Crippen LogP contribution is -2.00. The number of hydrogen-bond donors (Lipinski definition) is 1. The minimum atomic E-state index is -0.493. The number of nitro benzene ring substituents is 1. The molecule has 0 atom stereocenters. The van der Waals surface area contributed by atoms with E-state index in [1.807, 2.05) is 24.3 Å². The van der Waals surface area contributed by atoms with Crippen LogP contribution in [0.4, 0.5) is 11.4 Å². The molecule has 0 bridgehead atoms. The highest BCUT2D eigenvalue weighted by Gasteiger charge is 2.12. The third kappa shape index (κ3) is 3.68. The number of benzene rings is 2. The van der Waals surface area contributed by atoms with Gasteiger partial charge in [-0.25, -0.2) is 0 Å². The lowest BCUT2D eigenvalue weighted by Gasteiger charge is -2.07. The van der Waals surface area contributed by atoms with Crippen molar-refractivity contribution in [1.82, 2.24) is 0 Å². The maximum Gasteiger partial charge on any atom is 0.289 e. The topological polar surface area (TPSA) is 55.2 Å². The Hall–Kier alpha value is -1.59. The van der Waals surface area contributed by atoms with Gasteiger partial charge in [-0.3, -0.25) is 10.1 Å². The van der Waals surface area contributed by atoms with Crippen LogP contribution in [0.1, 0.15) is 5.56 Å². The van der Waals surface area contributed by atoms with E-state index < -0.39 is 4.92 Å². The molecule has 4 nitrogen and oxygen atoms in total. The average molecular weight is 342 g/mol. The molecule has 0 saturated heterocycles. The van der Waals surface area contributed by atoms with Gasteiger partial charge in [-0.05, 0) is 29.8 Å². The molecular formula is C13H10BrClN2O2. The van der Waals surface area contributed by atoms with Crippen molar-refractivity contribution in [2.24, 2.45) is 0 Å². The molecular weight excluding hydrogens is 332 g/mol. The van der Waals surface area contributed by atoms with Gasteiger partial charge in [0.2, 0.25) is 0 Å². The number of rotatable bonds is 4. The van der Waals surface area contributed by atoms with Crippen molar-refractivity contribution in [3.8, 4) is 0 Å². The molecule has 0 aliphatic heterocycles. The largest absolute Gasteiger partial charge is 0.381 e. The van der Waals surface area contributed by atoms with Gasteiger partial charge in [0.1, 0.15) is 5.02 Å². The molecule has 0 amide bonds. The summed E-state index contributed by atoms with van der Waals surface area (Å²) in [6, 6.07) is 12.5. The molecule has 0 heterocycles. The highest BCUT2D eigenvalue weighted by molar-refractivity contribution is 9.10. The van der Waals surface area contributed by atoms with E-state index in [2.05, 4.69) is 21.2 Å². The Morgan fingerprint density at radius 1 is 1.21 bits per heavy atom. The molecule has 0 spiro atoms. The van der Waals surface area contributed by atoms with Crippen molar-refractivity contribution >= 4 is 38.9 Å². The average Bonchev–Trinajstić information content (AvgIpc) is 2.39. The summed E-state index contributed by atoms with van der Waals surface area (Å²) in [5.74, 6) is 0. The Bertz CT molecular complexity index is 602. The Morgan fingerprint density at radius 3 is 2.53 bits per heavy atom. The van der Waals surface area contributed by atoms with E-state index in [0.717, 1.165) is 10.0 Å². The van der Waals surface area contributed by atoms with Crippen molar-refractivity contribution in [2.75, 3.05) is 5.32 Å². The van der Waals surface area contributed by atoms with Crippen molar-refractivity contribution in [1.29, 1.82) is 0 Å². The highest BCUT2D eigenvalue weighted by Crippen LogP contribution is 2.27. The van der Waals surface area contributed by atoms with Crippen molar-refractivity contribution in [3.05, 3.63) is 67.6 Å². The second kappa shape index (κ2) is 6.04. The van der Waals surface area contributed by atoms with Gasteiger partial charge in [-0.15, -0.1) is 0 Å². The van der Waals surface area contributed by atoms with Gasteiger partial charge < -0.3 is 5.32 Å². The molecule has 0 fully saturated rings. The third-order valence-corrected chi connectivity index (χ3v) is 3.40. The zero-order chi connectivity index (χ0) is 13.8. The molecule has 2 aromatic rings. The van der Waals surface area contributed by atoms with Crippen LogP contribution in [0.2, 0.25) is 5.02 Å². The first kappa shape index (κ1) is 13.8. The van der Waals surface area contributed by atoms with E-state index in [-0.39, 0.29) is 10.7 Å². The van der Waals surface area contributed by atoms with Crippen molar-refractivity contribution in [2.45, 2.75) is 6.54 Å². The summed E-state index contributed by atoms with van der Waals surface area (Å²) >= 11 is 9.12. The van der Waals surface area contributed by atoms with E-state index in [0.29, 0.717) is 12.2 Å². The van der Waals surface area contributed by atoms with Crippen LogP contribution in [0.3, 0.4) is 0 Å². The van der Waals surface area contributed by atoms with Crippen LogP contribution in [0.5, 0.6) is 0 Å². The highest BCUT2D eigenvalue weighted by atomic mass is 79.9. The predicted octanol–water partition coefficient (Wildman–Crippen LogP) is 4.62. The quantitative estimate of drug-likeness (QED) is 0.652. The molecule has 0 aliphatic carbocycles. The number of nitro groups is 1. The zero-order valence-corrected chi connectivity index (χ0v) is 12.1. The van der Waals surface area contributed by atoms with Gasteiger partial charge in [0.15, 0.2) is 0 Å². The maximum absolute atomic E-state index is 10.8. The normalized spacial score (nSPS) is 10.2. The summed E-state index contributed by atoms with van der Waals surface area (Å²) in [5, 5.41) is 14.0. The number of halogens is 2. The Labute approximate surface area is 123 Å². The first-order chi connectivity index (χ1) is 9.06. The fourth-order valence-electron chi connectivity index (χ4n) is 1.57. The number of hydrogen-bond acceptors (Lipinski definition) is 3. The fourth-order valence-corrected chi connectivity index (χ4v) is 2.02. The number of anilines is 1. The molecule has 0 aromatic heterocycles. The first-order valence-electron chi connectivity index (χ1n) is 5.48. The summed E-state index contributed by atoms with van der Waals surface area (Å²) in [7, 11) is 0. The van der Waals surface area contributed by atoms with Crippen LogP contribution in [0.15, 0.2) is 46.9 Å². The molecule has 0 unspecified atom stereocenters. The number of nitrogens with zero attached hydrogens (tertiary/aromatic N) is 1. The van der Waals surface area contributed by atoms with Crippen LogP contribution in [0, 0.1) is 10.1 Å².